The summed E-state index contributed by atoms with van der Waals surface area (Å²) in [6.45, 7) is -0.947. The van der Waals surface area contributed by atoms with Crippen LogP contribution in [0, 0.1) is 5.82 Å². The zero-order valence-corrected chi connectivity index (χ0v) is 16.8. The van der Waals surface area contributed by atoms with Crippen molar-refractivity contribution >= 4 is 22.6 Å². The van der Waals surface area contributed by atoms with Gasteiger partial charge in [0.05, 0.1) is 29.5 Å². The lowest BCUT2D eigenvalue weighted by atomic mass is 9.92. The number of fused-ring (bicyclic) bond motifs is 1. The molecule has 0 fully saturated rings. The highest BCUT2D eigenvalue weighted by molar-refractivity contribution is 5.88. The number of anilines is 1. The number of alkyl halides is 3. The number of aromatic carboxylic acids is 1. The minimum absolute atomic E-state index is 0.106. The van der Waals surface area contributed by atoms with E-state index < -0.39 is 35.7 Å². The van der Waals surface area contributed by atoms with Crippen LogP contribution in [0.2, 0.25) is 0 Å². The largest absolute Gasteiger partial charge is 0.478 e. The number of benzene rings is 3. The monoisotopic (exact) mass is 459 g/mol. The predicted octanol–water partition coefficient (Wildman–Crippen LogP) is 4.72. The zero-order chi connectivity index (χ0) is 23.8. The van der Waals surface area contributed by atoms with E-state index in [0.29, 0.717) is 16.6 Å². The summed E-state index contributed by atoms with van der Waals surface area (Å²) < 4.78 is 56.5. The molecule has 0 spiro atoms. The Balaban J connectivity index is 1.68. The van der Waals surface area contributed by atoms with Crippen LogP contribution in [0.4, 0.5) is 23.2 Å². The first-order chi connectivity index (χ1) is 15.6. The molecule has 0 aliphatic rings. The Hall–Kier alpha value is -3.92. The summed E-state index contributed by atoms with van der Waals surface area (Å²) >= 11 is 0. The van der Waals surface area contributed by atoms with Gasteiger partial charge in [0.1, 0.15) is 5.82 Å². The molecule has 0 aliphatic heterocycles. The van der Waals surface area contributed by atoms with Crippen LogP contribution in [0.15, 0.2) is 72.9 Å². The standard InChI is InChI=1S/C23H17F4N3O3/c24-17-5-7-19(8-6-17)30-20-9-4-16(10-15(20)12-29-30)22(33,23(25,26)27)13-28-18-3-1-2-14(11-18)21(31)32/h1-12,28,33H,13H2,(H,31,32). The molecule has 1 aromatic heterocycles. The van der Waals surface area contributed by atoms with Crippen molar-refractivity contribution in [3.05, 3.63) is 89.9 Å². The molecule has 33 heavy (non-hydrogen) atoms. The molecule has 3 aromatic carbocycles. The minimum Gasteiger partial charge on any atom is -0.478 e. The van der Waals surface area contributed by atoms with Crippen LogP contribution in [0.5, 0.6) is 0 Å². The molecule has 0 bridgehead atoms. The Morgan fingerprint density at radius 1 is 1.03 bits per heavy atom. The molecular weight excluding hydrogens is 442 g/mol. The lowest BCUT2D eigenvalue weighted by Crippen LogP contribution is -2.47. The molecule has 0 radical (unpaired) electrons. The number of aliphatic hydroxyl groups is 1. The van der Waals surface area contributed by atoms with Crippen LogP contribution in [0.25, 0.3) is 16.6 Å². The zero-order valence-electron chi connectivity index (χ0n) is 16.8. The topological polar surface area (TPSA) is 87.4 Å². The highest BCUT2D eigenvalue weighted by Gasteiger charge is 2.55. The van der Waals surface area contributed by atoms with Crippen LogP contribution >= 0.6 is 0 Å². The van der Waals surface area contributed by atoms with Crippen LogP contribution in [0.1, 0.15) is 15.9 Å². The number of aromatic nitrogens is 2. The van der Waals surface area contributed by atoms with Crippen molar-refractivity contribution in [2.75, 3.05) is 11.9 Å². The molecule has 4 rings (SSSR count). The second-order valence-electron chi connectivity index (χ2n) is 7.40. The van der Waals surface area contributed by atoms with Gasteiger partial charge < -0.3 is 15.5 Å². The molecule has 3 N–H and O–H groups in total. The maximum atomic E-state index is 14.0. The van der Waals surface area contributed by atoms with Crippen LogP contribution in [-0.4, -0.2) is 38.7 Å². The Morgan fingerprint density at radius 3 is 2.42 bits per heavy atom. The lowest BCUT2D eigenvalue weighted by molar-refractivity contribution is -0.260. The molecule has 1 unspecified atom stereocenters. The molecule has 0 saturated heterocycles. The minimum atomic E-state index is -5.04. The van der Waals surface area contributed by atoms with Gasteiger partial charge in [-0.25, -0.2) is 13.9 Å². The summed E-state index contributed by atoms with van der Waals surface area (Å²) in [6, 6.07) is 14.4. The number of carbonyl (C=O) groups is 1. The van der Waals surface area contributed by atoms with Crippen molar-refractivity contribution in [3.8, 4) is 5.69 Å². The Labute approximate surface area is 184 Å². The first kappa shape index (κ1) is 22.3. The van der Waals surface area contributed by atoms with E-state index in [-0.39, 0.29) is 11.3 Å². The smallest absolute Gasteiger partial charge is 0.423 e. The van der Waals surface area contributed by atoms with Gasteiger partial charge in [0.25, 0.3) is 0 Å². The van der Waals surface area contributed by atoms with E-state index >= 15 is 0 Å². The molecule has 1 heterocycles. The summed E-state index contributed by atoms with van der Waals surface area (Å²) in [5, 5.41) is 26.7. The van der Waals surface area contributed by atoms with Crippen molar-refractivity contribution in [3.63, 3.8) is 0 Å². The van der Waals surface area contributed by atoms with Crippen molar-refractivity contribution in [2.24, 2.45) is 0 Å². The van der Waals surface area contributed by atoms with E-state index in [4.69, 9.17) is 5.11 Å². The second-order valence-corrected chi connectivity index (χ2v) is 7.40. The van der Waals surface area contributed by atoms with E-state index in [9.17, 15) is 27.5 Å². The Morgan fingerprint density at radius 2 is 1.76 bits per heavy atom. The fraction of sp³-hybridized carbons (Fsp3) is 0.130. The van der Waals surface area contributed by atoms with E-state index in [1.54, 1.807) is 0 Å². The van der Waals surface area contributed by atoms with Crippen LogP contribution < -0.4 is 5.32 Å². The van der Waals surface area contributed by atoms with Crippen molar-refractivity contribution < 1.29 is 32.6 Å². The first-order valence-electron chi connectivity index (χ1n) is 9.69. The normalized spacial score (nSPS) is 13.6. The summed E-state index contributed by atoms with van der Waals surface area (Å²) in [5.74, 6) is -1.66. The van der Waals surface area contributed by atoms with Crippen LogP contribution in [-0.2, 0) is 5.60 Å². The maximum absolute atomic E-state index is 14.0. The number of carboxylic acid groups (broad SMARTS) is 1. The summed E-state index contributed by atoms with van der Waals surface area (Å²) in [5.41, 5.74) is -2.68. The van der Waals surface area contributed by atoms with Gasteiger partial charge in [-0.05, 0) is 60.2 Å². The van der Waals surface area contributed by atoms with Crippen molar-refractivity contribution in [1.29, 1.82) is 0 Å². The highest BCUT2D eigenvalue weighted by atomic mass is 19.4. The molecule has 4 aromatic rings. The average Bonchev–Trinajstić information content (AvgIpc) is 3.20. The number of carboxylic acids is 1. The van der Waals surface area contributed by atoms with Gasteiger partial charge in [-0.3, -0.25) is 0 Å². The number of hydrogen-bond acceptors (Lipinski definition) is 4. The quantitative estimate of drug-likeness (QED) is 0.363. The van der Waals surface area contributed by atoms with Crippen molar-refractivity contribution in [1.82, 2.24) is 9.78 Å². The Bertz CT molecular complexity index is 1320. The molecule has 0 saturated carbocycles. The van der Waals surface area contributed by atoms with Gasteiger partial charge in [0.2, 0.25) is 5.60 Å². The van der Waals surface area contributed by atoms with Crippen molar-refractivity contribution in [2.45, 2.75) is 11.8 Å². The third kappa shape index (κ3) is 4.24. The first-order valence-corrected chi connectivity index (χ1v) is 9.69. The number of nitrogens with zero attached hydrogens (tertiary/aromatic N) is 2. The third-order valence-electron chi connectivity index (χ3n) is 5.24. The predicted molar refractivity (Wildman–Crippen MR) is 113 cm³/mol. The molecule has 1 atom stereocenters. The third-order valence-corrected chi connectivity index (χ3v) is 5.24. The molecule has 6 nitrogen and oxygen atoms in total. The van der Waals surface area contributed by atoms with Gasteiger partial charge in [-0.1, -0.05) is 12.1 Å². The second kappa shape index (κ2) is 8.21. The fourth-order valence-electron chi connectivity index (χ4n) is 3.44. The number of rotatable bonds is 6. The van der Waals surface area contributed by atoms with Gasteiger partial charge >= 0.3 is 12.1 Å². The number of nitrogens with one attached hydrogen (secondary N) is 1. The molecule has 0 aliphatic carbocycles. The maximum Gasteiger partial charge on any atom is 0.423 e. The van der Waals surface area contributed by atoms with E-state index in [1.807, 2.05) is 0 Å². The van der Waals surface area contributed by atoms with Gasteiger partial charge in [0.15, 0.2) is 0 Å². The molecular formula is C23H17F4N3O3. The molecule has 170 valence electrons. The number of hydrogen-bond donors (Lipinski definition) is 3. The average molecular weight is 459 g/mol. The van der Waals surface area contributed by atoms with Gasteiger partial charge in [-0.2, -0.15) is 18.3 Å². The number of halogens is 4. The molecule has 0 amide bonds. The fourth-order valence-corrected chi connectivity index (χ4v) is 3.44. The van der Waals surface area contributed by atoms with Crippen LogP contribution in [0.3, 0.4) is 0 Å². The van der Waals surface area contributed by atoms with E-state index in [1.165, 1.54) is 71.5 Å². The SMILES string of the molecule is O=C(O)c1cccc(NCC(O)(c2ccc3c(cnn3-c3ccc(F)cc3)c2)C(F)(F)F)c1. The summed E-state index contributed by atoms with van der Waals surface area (Å²) in [6.07, 6.45) is -3.69. The Kier molecular flexibility index (Phi) is 5.54. The highest BCUT2D eigenvalue weighted by Crippen LogP contribution is 2.40. The summed E-state index contributed by atoms with van der Waals surface area (Å²) in [4.78, 5) is 11.1. The molecule has 10 heteroatoms. The van der Waals surface area contributed by atoms with Gasteiger partial charge in [-0.15, -0.1) is 0 Å². The van der Waals surface area contributed by atoms with Gasteiger partial charge in [0, 0.05) is 11.1 Å². The van der Waals surface area contributed by atoms with E-state index in [0.717, 1.165) is 6.07 Å². The lowest BCUT2D eigenvalue weighted by Gasteiger charge is -2.31. The summed E-state index contributed by atoms with van der Waals surface area (Å²) in [7, 11) is 0. The van der Waals surface area contributed by atoms with E-state index in [2.05, 4.69) is 10.4 Å².